The molecule has 0 heterocycles. The van der Waals surface area contributed by atoms with Gasteiger partial charge in [-0.1, -0.05) is 12.1 Å². The molecule has 1 N–H and O–H groups in total. The van der Waals surface area contributed by atoms with Crippen LogP contribution in [0.4, 0.5) is 0 Å². The van der Waals surface area contributed by atoms with Crippen LogP contribution in [-0.2, 0) is 10.0 Å². The average Bonchev–Trinajstić information content (AvgIpc) is 2.83. The van der Waals surface area contributed by atoms with Gasteiger partial charge in [-0.3, -0.25) is 0 Å². The summed E-state index contributed by atoms with van der Waals surface area (Å²) < 4.78 is 24.3. The van der Waals surface area contributed by atoms with E-state index in [2.05, 4.69) is 9.93 Å². The van der Waals surface area contributed by atoms with Crippen molar-refractivity contribution >= 4 is 15.7 Å². The van der Waals surface area contributed by atoms with Crippen LogP contribution in [0.5, 0.6) is 0 Å². The summed E-state index contributed by atoms with van der Waals surface area (Å²) >= 11 is 0. The molecule has 0 amide bonds. The molecule has 0 aromatic heterocycles. The summed E-state index contributed by atoms with van der Waals surface area (Å²) in [5.74, 6) is 0. The first kappa shape index (κ1) is 13.1. The molecule has 0 unspecified atom stereocenters. The first-order chi connectivity index (χ1) is 8.49. The molecule has 1 aliphatic carbocycles. The van der Waals surface area contributed by atoms with Crippen LogP contribution < -0.4 is 4.83 Å². The van der Waals surface area contributed by atoms with Gasteiger partial charge in [0.05, 0.1) is 4.90 Å². The number of hydrogen-bond donors (Lipinski definition) is 1. The smallest absolute Gasteiger partial charge is 0.200 e. The van der Waals surface area contributed by atoms with Crippen molar-refractivity contribution in [1.29, 1.82) is 0 Å². The Labute approximate surface area is 108 Å². The number of rotatable bonds is 3. The summed E-state index contributed by atoms with van der Waals surface area (Å²) in [7, 11) is -3.54. The number of nitrogens with one attached hydrogen (secondary N) is 1. The molecule has 1 fully saturated rings. The van der Waals surface area contributed by atoms with Crippen molar-refractivity contribution in [2.45, 2.75) is 44.4 Å². The van der Waals surface area contributed by atoms with Crippen molar-refractivity contribution in [2.24, 2.45) is 5.10 Å². The van der Waals surface area contributed by atoms with Gasteiger partial charge in [0.15, 0.2) is 0 Å². The van der Waals surface area contributed by atoms with E-state index in [4.69, 9.17) is 0 Å². The maximum Gasteiger partial charge on any atom is 0.276 e. The number of aryl methyl sites for hydroxylation is 2. The van der Waals surface area contributed by atoms with E-state index in [1.54, 1.807) is 13.0 Å². The van der Waals surface area contributed by atoms with Gasteiger partial charge in [-0.25, -0.2) is 4.83 Å². The third-order valence-corrected chi connectivity index (χ3v) is 4.49. The highest BCUT2D eigenvalue weighted by Gasteiger charge is 2.17. The lowest BCUT2D eigenvalue weighted by molar-refractivity contribution is 0.583. The van der Waals surface area contributed by atoms with Gasteiger partial charge in [-0.2, -0.15) is 13.5 Å². The maximum absolute atomic E-state index is 12.1. The second-order valence-corrected chi connectivity index (χ2v) is 6.38. The van der Waals surface area contributed by atoms with Crippen molar-refractivity contribution < 1.29 is 8.42 Å². The van der Waals surface area contributed by atoms with Crippen LogP contribution >= 0.6 is 0 Å². The minimum atomic E-state index is -3.54. The van der Waals surface area contributed by atoms with Gasteiger partial charge in [0, 0.05) is 5.71 Å². The first-order valence-corrected chi connectivity index (χ1v) is 7.62. The fourth-order valence-corrected chi connectivity index (χ4v) is 3.25. The normalized spacial score (nSPS) is 15.8. The van der Waals surface area contributed by atoms with Crippen LogP contribution in [0.15, 0.2) is 28.2 Å². The molecule has 4 nitrogen and oxygen atoms in total. The highest BCUT2D eigenvalue weighted by Crippen LogP contribution is 2.18. The summed E-state index contributed by atoms with van der Waals surface area (Å²) in [4.78, 5) is 2.66. The van der Waals surface area contributed by atoms with E-state index in [-0.39, 0.29) is 0 Å². The Morgan fingerprint density at radius 3 is 2.50 bits per heavy atom. The Kier molecular flexibility index (Phi) is 3.71. The topological polar surface area (TPSA) is 58.5 Å². The Morgan fingerprint density at radius 2 is 1.83 bits per heavy atom. The maximum atomic E-state index is 12.1. The standard InChI is InChI=1S/C13H18N2O2S/c1-10-7-8-11(2)13(9-10)18(16,17)15-14-12-5-3-4-6-12/h7-9,15H,3-6H2,1-2H3. The molecule has 2 rings (SSSR count). The molecule has 18 heavy (non-hydrogen) atoms. The van der Waals surface area contributed by atoms with Gasteiger partial charge in [-0.15, -0.1) is 0 Å². The van der Waals surface area contributed by atoms with Crippen molar-refractivity contribution in [2.75, 3.05) is 0 Å². The molecular weight excluding hydrogens is 248 g/mol. The van der Waals surface area contributed by atoms with E-state index in [1.807, 2.05) is 19.1 Å². The molecule has 0 radical (unpaired) electrons. The third-order valence-electron chi connectivity index (χ3n) is 3.14. The molecule has 0 bridgehead atoms. The van der Waals surface area contributed by atoms with Crippen molar-refractivity contribution in [1.82, 2.24) is 4.83 Å². The lowest BCUT2D eigenvalue weighted by atomic mass is 10.2. The Morgan fingerprint density at radius 1 is 1.17 bits per heavy atom. The number of sulfonamides is 1. The molecule has 1 aromatic carbocycles. The highest BCUT2D eigenvalue weighted by atomic mass is 32.2. The number of nitrogens with zero attached hydrogens (tertiary/aromatic N) is 1. The van der Waals surface area contributed by atoms with Crippen LogP contribution in [0.3, 0.4) is 0 Å². The molecule has 0 aliphatic heterocycles. The van der Waals surface area contributed by atoms with Crippen molar-refractivity contribution in [3.63, 3.8) is 0 Å². The zero-order chi connectivity index (χ0) is 13.2. The second-order valence-electron chi connectivity index (χ2n) is 4.75. The molecule has 5 heteroatoms. The molecule has 1 aliphatic rings. The summed E-state index contributed by atoms with van der Waals surface area (Å²) in [6, 6.07) is 5.39. The van der Waals surface area contributed by atoms with Gasteiger partial charge in [0.1, 0.15) is 0 Å². The Bertz CT molecular complexity index is 569. The fourth-order valence-electron chi connectivity index (χ4n) is 2.07. The van der Waals surface area contributed by atoms with E-state index in [9.17, 15) is 8.42 Å². The molecule has 98 valence electrons. The van der Waals surface area contributed by atoms with Crippen LogP contribution in [0.25, 0.3) is 0 Å². The predicted octanol–water partition coefficient (Wildman–Crippen LogP) is 2.51. The number of hydrazone groups is 1. The molecule has 0 atom stereocenters. The van der Waals surface area contributed by atoms with Gasteiger partial charge >= 0.3 is 0 Å². The van der Waals surface area contributed by atoms with Gasteiger partial charge in [0.2, 0.25) is 0 Å². The molecule has 0 spiro atoms. The minimum absolute atomic E-state index is 0.310. The van der Waals surface area contributed by atoms with Crippen LogP contribution in [0.1, 0.15) is 36.8 Å². The molecular formula is C13H18N2O2S. The zero-order valence-electron chi connectivity index (χ0n) is 10.7. The van der Waals surface area contributed by atoms with E-state index in [1.165, 1.54) is 0 Å². The van der Waals surface area contributed by atoms with E-state index in [0.717, 1.165) is 42.5 Å². The molecule has 1 saturated carbocycles. The monoisotopic (exact) mass is 266 g/mol. The van der Waals surface area contributed by atoms with E-state index in [0.29, 0.717) is 4.90 Å². The van der Waals surface area contributed by atoms with Crippen molar-refractivity contribution in [3.8, 4) is 0 Å². The highest BCUT2D eigenvalue weighted by molar-refractivity contribution is 7.89. The summed E-state index contributed by atoms with van der Waals surface area (Å²) in [5.41, 5.74) is 2.61. The average molecular weight is 266 g/mol. The molecule has 0 saturated heterocycles. The lowest BCUT2D eigenvalue weighted by Crippen LogP contribution is -2.20. The summed E-state index contributed by atoms with van der Waals surface area (Å²) in [6.07, 6.45) is 4.00. The minimum Gasteiger partial charge on any atom is -0.200 e. The predicted molar refractivity (Wildman–Crippen MR) is 72.1 cm³/mol. The van der Waals surface area contributed by atoms with Crippen LogP contribution in [0, 0.1) is 13.8 Å². The summed E-state index contributed by atoms with van der Waals surface area (Å²) in [5, 5.41) is 4.02. The fraction of sp³-hybridized carbons (Fsp3) is 0.462. The molecule has 1 aromatic rings. The Balaban J connectivity index is 2.25. The van der Waals surface area contributed by atoms with E-state index < -0.39 is 10.0 Å². The first-order valence-electron chi connectivity index (χ1n) is 6.13. The quantitative estimate of drug-likeness (QED) is 0.855. The lowest BCUT2D eigenvalue weighted by Gasteiger charge is -2.08. The van der Waals surface area contributed by atoms with Gasteiger partial charge in [-0.05, 0) is 56.7 Å². The van der Waals surface area contributed by atoms with Crippen LogP contribution in [0.2, 0.25) is 0 Å². The van der Waals surface area contributed by atoms with Crippen molar-refractivity contribution in [3.05, 3.63) is 29.3 Å². The SMILES string of the molecule is Cc1ccc(C)c(S(=O)(=O)NN=C2CCCC2)c1. The largest absolute Gasteiger partial charge is 0.276 e. The third kappa shape index (κ3) is 2.90. The van der Waals surface area contributed by atoms with E-state index >= 15 is 0 Å². The van der Waals surface area contributed by atoms with Crippen LogP contribution in [-0.4, -0.2) is 14.1 Å². The number of benzene rings is 1. The zero-order valence-corrected chi connectivity index (χ0v) is 11.5. The number of hydrogen-bond acceptors (Lipinski definition) is 3. The Hall–Kier alpha value is -1.36. The second kappa shape index (κ2) is 5.10. The summed E-state index contributed by atoms with van der Waals surface area (Å²) in [6.45, 7) is 3.66. The van der Waals surface area contributed by atoms with Gasteiger partial charge < -0.3 is 0 Å². The van der Waals surface area contributed by atoms with Gasteiger partial charge in [0.25, 0.3) is 10.0 Å².